The molecule has 0 aromatic heterocycles. The molecule has 0 bridgehead atoms. The fourth-order valence-electron chi connectivity index (χ4n) is 0.0913. The first-order chi connectivity index (χ1) is 2.41. The van der Waals surface area contributed by atoms with Gasteiger partial charge in [-0.3, -0.25) is 0 Å². The first kappa shape index (κ1) is 4.70. The van der Waals surface area contributed by atoms with Gasteiger partial charge in [-0.2, -0.15) is 0 Å². The van der Waals surface area contributed by atoms with Crippen LogP contribution < -0.4 is 5.73 Å². The largest absolute Gasteiger partial charge is 0.145 e. The van der Waals surface area contributed by atoms with Crippen LogP contribution >= 0.6 is 0 Å². The molecular weight excluding hydrogens is 62.1 g/mol. The zero-order valence-electron chi connectivity index (χ0n) is 3.15. The first-order valence-corrected chi connectivity index (χ1v) is 1.63. The van der Waals surface area contributed by atoms with Gasteiger partial charge in [-0.05, 0) is 6.42 Å². The lowest BCUT2D eigenvalue weighted by Gasteiger charge is -1.70. The lowest BCUT2D eigenvalue weighted by atomic mass is 10.4. The summed E-state index contributed by atoms with van der Waals surface area (Å²) in [5.41, 5.74) is 8.00. The number of hydrogen-bond acceptors (Lipinski definition) is 0. The van der Waals surface area contributed by atoms with E-state index in [1.54, 1.807) is 6.08 Å². The van der Waals surface area contributed by atoms with Crippen molar-refractivity contribution in [2.45, 2.75) is 6.42 Å². The van der Waals surface area contributed by atoms with Crippen LogP contribution in [-0.4, -0.2) is 6.54 Å². The van der Waals surface area contributed by atoms with Gasteiger partial charge >= 0.3 is 0 Å². The molecule has 0 aliphatic heterocycles. The van der Waals surface area contributed by atoms with E-state index in [-0.39, 0.29) is 6.54 Å². The first-order valence-electron chi connectivity index (χ1n) is 1.63. The summed E-state index contributed by atoms with van der Waals surface area (Å²) in [6.07, 6.45) is 2.39. The third-order valence-corrected chi connectivity index (χ3v) is 0.333. The van der Waals surface area contributed by atoms with E-state index in [1.807, 2.05) is 0 Å². The van der Waals surface area contributed by atoms with Gasteiger partial charge in [0, 0.05) is 6.54 Å². The highest BCUT2D eigenvalue weighted by molar-refractivity contribution is 4.64. The maximum atomic E-state index is 8.00. The van der Waals surface area contributed by atoms with Crippen LogP contribution in [0, 0.1) is 0 Å². The molecule has 0 aromatic carbocycles. The summed E-state index contributed by atoms with van der Waals surface area (Å²) >= 11 is 0. The topological polar surface area (TPSA) is 22.3 Å². The molecule has 0 saturated heterocycles. The average molecular weight is 69.1 g/mol. The Morgan fingerprint density at radius 1 is 1.80 bits per heavy atom. The molecular formula is C4H7N. The van der Waals surface area contributed by atoms with Crippen molar-refractivity contribution in [2.24, 2.45) is 0 Å². The Morgan fingerprint density at radius 2 is 2.40 bits per heavy atom. The standard InChI is InChI=1S/C4H7N/c1-2-3-4-5/h2H,1,3-4H2. The lowest BCUT2D eigenvalue weighted by Crippen LogP contribution is -1.76. The van der Waals surface area contributed by atoms with E-state index in [4.69, 9.17) is 5.73 Å². The normalized spacial score (nSPS) is 7.40. The second-order valence-corrected chi connectivity index (χ2v) is 0.801. The molecule has 0 N–H and O–H groups in total. The molecule has 0 aromatic rings. The predicted octanol–water partition coefficient (Wildman–Crippen LogP) is 0.631. The molecule has 2 radical (unpaired) electrons. The minimum absolute atomic E-state index is 0.226. The molecule has 0 rings (SSSR count). The maximum Gasteiger partial charge on any atom is 0.0356 e. The summed E-state index contributed by atoms with van der Waals surface area (Å²) in [6.45, 7) is 3.62. The highest BCUT2D eigenvalue weighted by Gasteiger charge is 1.64. The van der Waals surface area contributed by atoms with E-state index in [9.17, 15) is 0 Å². The second kappa shape index (κ2) is 3.70. The van der Waals surface area contributed by atoms with E-state index in [1.165, 1.54) is 0 Å². The molecule has 28 valence electrons. The van der Waals surface area contributed by atoms with Crippen molar-refractivity contribution in [2.75, 3.05) is 6.54 Å². The quantitative estimate of drug-likeness (QED) is 0.424. The molecule has 0 spiro atoms. The Hall–Kier alpha value is -0.300. The molecule has 1 heteroatoms. The minimum atomic E-state index is 0.226. The van der Waals surface area contributed by atoms with Crippen LogP contribution in [0.2, 0.25) is 0 Å². The molecule has 0 fully saturated rings. The smallest absolute Gasteiger partial charge is 0.0356 e. The van der Waals surface area contributed by atoms with Crippen LogP contribution in [0.4, 0.5) is 0 Å². The Kier molecular flexibility index (Phi) is 3.48. The van der Waals surface area contributed by atoms with E-state index >= 15 is 0 Å². The van der Waals surface area contributed by atoms with Gasteiger partial charge in [-0.25, -0.2) is 0 Å². The Morgan fingerprint density at radius 3 is 2.40 bits per heavy atom. The maximum absolute atomic E-state index is 8.00. The van der Waals surface area contributed by atoms with Crippen molar-refractivity contribution < 1.29 is 0 Å². The SMILES string of the molecule is C=CCC[N]. The van der Waals surface area contributed by atoms with Crippen LogP contribution in [0.25, 0.3) is 0 Å². The molecule has 0 saturated carbocycles. The lowest BCUT2D eigenvalue weighted by molar-refractivity contribution is 0.978. The van der Waals surface area contributed by atoms with E-state index in [0.717, 1.165) is 0 Å². The number of rotatable bonds is 2. The fourth-order valence-corrected chi connectivity index (χ4v) is 0.0913. The second-order valence-electron chi connectivity index (χ2n) is 0.801. The summed E-state index contributed by atoms with van der Waals surface area (Å²) in [4.78, 5) is 0. The third kappa shape index (κ3) is 3.70. The van der Waals surface area contributed by atoms with Crippen LogP contribution in [0.1, 0.15) is 6.42 Å². The summed E-state index contributed by atoms with van der Waals surface area (Å²) in [5, 5.41) is 0. The van der Waals surface area contributed by atoms with Crippen molar-refractivity contribution in [3.8, 4) is 0 Å². The van der Waals surface area contributed by atoms with Crippen LogP contribution in [-0.2, 0) is 0 Å². The van der Waals surface area contributed by atoms with E-state index in [0.29, 0.717) is 6.42 Å². The number of hydrogen-bond donors (Lipinski definition) is 0. The van der Waals surface area contributed by atoms with Crippen molar-refractivity contribution in [3.05, 3.63) is 12.7 Å². The van der Waals surface area contributed by atoms with Crippen molar-refractivity contribution >= 4 is 0 Å². The summed E-state index contributed by atoms with van der Waals surface area (Å²) < 4.78 is 0. The summed E-state index contributed by atoms with van der Waals surface area (Å²) in [5.74, 6) is 0. The van der Waals surface area contributed by atoms with Crippen molar-refractivity contribution in [1.29, 1.82) is 0 Å². The van der Waals surface area contributed by atoms with E-state index < -0.39 is 0 Å². The Bertz CT molecular complexity index is 24.8. The van der Waals surface area contributed by atoms with E-state index in [2.05, 4.69) is 6.58 Å². The molecule has 0 aliphatic rings. The van der Waals surface area contributed by atoms with Gasteiger partial charge in [0.25, 0.3) is 0 Å². The minimum Gasteiger partial charge on any atom is -0.145 e. The van der Waals surface area contributed by atoms with Gasteiger partial charge in [0.15, 0.2) is 0 Å². The van der Waals surface area contributed by atoms with Crippen LogP contribution in [0.3, 0.4) is 0 Å². The molecule has 0 unspecified atom stereocenters. The molecule has 1 nitrogen and oxygen atoms in total. The van der Waals surface area contributed by atoms with Crippen molar-refractivity contribution in [1.82, 2.24) is 5.73 Å². The monoisotopic (exact) mass is 69.1 g/mol. The van der Waals surface area contributed by atoms with Gasteiger partial charge in [0.2, 0.25) is 0 Å². The third-order valence-electron chi connectivity index (χ3n) is 0.333. The molecule has 0 heterocycles. The molecule has 0 atom stereocenters. The highest BCUT2D eigenvalue weighted by Crippen LogP contribution is 1.68. The highest BCUT2D eigenvalue weighted by atomic mass is 14.5. The molecule has 0 amide bonds. The van der Waals surface area contributed by atoms with Crippen LogP contribution in [0.15, 0.2) is 12.7 Å². The average Bonchev–Trinajstić information content (AvgIpc) is 1.41. The van der Waals surface area contributed by atoms with Gasteiger partial charge in [0.1, 0.15) is 0 Å². The molecule has 0 aliphatic carbocycles. The molecule has 5 heavy (non-hydrogen) atoms. The Balaban J connectivity index is 2.40. The van der Waals surface area contributed by atoms with Gasteiger partial charge in [-0.1, -0.05) is 6.08 Å². The Labute approximate surface area is 32.5 Å². The number of nitrogens with zero attached hydrogens (tertiary/aromatic N) is 1. The zero-order valence-corrected chi connectivity index (χ0v) is 3.15. The zero-order chi connectivity index (χ0) is 4.12. The van der Waals surface area contributed by atoms with Crippen molar-refractivity contribution in [3.63, 3.8) is 0 Å². The van der Waals surface area contributed by atoms with Crippen LogP contribution in [0.5, 0.6) is 0 Å². The van der Waals surface area contributed by atoms with Gasteiger partial charge in [-0.15, -0.1) is 12.3 Å². The summed E-state index contributed by atoms with van der Waals surface area (Å²) in [6, 6.07) is 0. The predicted molar refractivity (Wildman–Crippen MR) is 21.8 cm³/mol. The van der Waals surface area contributed by atoms with Gasteiger partial charge in [0.05, 0.1) is 0 Å². The fraction of sp³-hybridized carbons (Fsp3) is 0.500. The summed E-state index contributed by atoms with van der Waals surface area (Å²) in [7, 11) is 0. The van der Waals surface area contributed by atoms with Gasteiger partial charge < -0.3 is 0 Å².